The maximum atomic E-state index is 11.3. The highest BCUT2D eigenvalue weighted by atomic mass is 16.5. The fraction of sp³-hybridized carbons (Fsp3) is 0.0769. The second-order valence-corrected chi connectivity index (χ2v) is 3.53. The zero-order chi connectivity index (χ0) is 11.5. The van der Waals surface area contributed by atoms with Gasteiger partial charge in [0.15, 0.2) is 0 Å². The summed E-state index contributed by atoms with van der Waals surface area (Å²) in [6.45, 7) is 5.14. The topological polar surface area (TPSA) is 39.2 Å². The second-order valence-electron chi connectivity index (χ2n) is 3.53. The van der Waals surface area contributed by atoms with Crippen LogP contribution in [0.3, 0.4) is 0 Å². The third-order valence-corrected chi connectivity index (χ3v) is 2.13. The van der Waals surface area contributed by atoms with Crippen molar-refractivity contribution in [2.24, 2.45) is 0 Å². The molecule has 0 atom stereocenters. The van der Waals surface area contributed by atoms with Crippen LogP contribution >= 0.6 is 0 Å². The van der Waals surface area contributed by atoms with E-state index in [4.69, 9.17) is 4.74 Å². The van der Waals surface area contributed by atoms with Gasteiger partial charge in [-0.15, -0.1) is 0 Å². The maximum absolute atomic E-state index is 11.3. The molecule has 1 heterocycles. The SMILES string of the molecule is C=C(C)C(=O)Oc1ccc2ncccc2c1. The molecule has 3 nitrogen and oxygen atoms in total. The third kappa shape index (κ3) is 2.08. The molecule has 0 bridgehead atoms. The lowest BCUT2D eigenvalue weighted by molar-refractivity contribution is -0.130. The number of fused-ring (bicyclic) bond motifs is 1. The number of benzene rings is 1. The van der Waals surface area contributed by atoms with Crippen molar-refractivity contribution < 1.29 is 9.53 Å². The Bertz CT molecular complexity index is 561. The van der Waals surface area contributed by atoms with Crippen molar-refractivity contribution in [1.82, 2.24) is 4.98 Å². The van der Waals surface area contributed by atoms with Gasteiger partial charge in [-0.05, 0) is 31.2 Å². The van der Waals surface area contributed by atoms with Gasteiger partial charge in [0, 0.05) is 17.2 Å². The highest BCUT2D eigenvalue weighted by Gasteiger charge is 2.05. The van der Waals surface area contributed by atoms with E-state index in [1.165, 1.54) is 0 Å². The van der Waals surface area contributed by atoms with Crippen molar-refractivity contribution in [2.75, 3.05) is 0 Å². The Morgan fingerprint density at radius 2 is 2.19 bits per heavy atom. The lowest BCUT2D eigenvalue weighted by atomic mass is 10.2. The minimum atomic E-state index is -0.414. The zero-order valence-corrected chi connectivity index (χ0v) is 8.93. The summed E-state index contributed by atoms with van der Waals surface area (Å²) in [6.07, 6.45) is 1.72. The van der Waals surface area contributed by atoms with Gasteiger partial charge in [0.1, 0.15) is 5.75 Å². The Morgan fingerprint density at radius 1 is 1.38 bits per heavy atom. The number of aromatic nitrogens is 1. The fourth-order valence-corrected chi connectivity index (χ4v) is 1.31. The van der Waals surface area contributed by atoms with E-state index in [1.54, 1.807) is 25.3 Å². The Labute approximate surface area is 93.4 Å². The molecule has 0 aliphatic rings. The van der Waals surface area contributed by atoms with E-state index >= 15 is 0 Å². The van der Waals surface area contributed by atoms with Gasteiger partial charge in [-0.2, -0.15) is 0 Å². The molecular formula is C13H11NO2. The van der Waals surface area contributed by atoms with Crippen LogP contribution in [0, 0.1) is 0 Å². The molecular weight excluding hydrogens is 202 g/mol. The predicted octanol–water partition coefficient (Wildman–Crippen LogP) is 2.72. The Morgan fingerprint density at radius 3 is 2.94 bits per heavy atom. The molecule has 0 spiro atoms. The first kappa shape index (κ1) is 10.4. The largest absolute Gasteiger partial charge is 0.423 e. The van der Waals surface area contributed by atoms with Gasteiger partial charge < -0.3 is 4.74 Å². The smallest absolute Gasteiger partial charge is 0.338 e. The minimum absolute atomic E-state index is 0.381. The number of pyridine rings is 1. The van der Waals surface area contributed by atoms with Gasteiger partial charge in [-0.3, -0.25) is 4.98 Å². The van der Waals surface area contributed by atoms with Crippen molar-refractivity contribution in [2.45, 2.75) is 6.92 Å². The normalized spacial score (nSPS) is 10.1. The number of esters is 1. The summed E-state index contributed by atoms with van der Waals surface area (Å²) in [7, 11) is 0. The number of ether oxygens (including phenoxy) is 1. The third-order valence-electron chi connectivity index (χ3n) is 2.13. The molecule has 0 aliphatic heterocycles. The van der Waals surface area contributed by atoms with E-state index < -0.39 is 5.97 Å². The summed E-state index contributed by atoms with van der Waals surface area (Å²) < 4.78 is 5.12. The van der Waals surface area contributed by atoms with Gasteiger partial charge in [-0.25, -0.2) is 4.79 Å². The van der Waals surface area contributed by atoms with Gasteiger partial charge in [0.2, 0.25) is 0 Å². The molecule has 0 saturated heterocycles. The van der Waals surface area contributed by atoms with Crippen LogP contribution < -0.4 is 4.74 Å². The number of rotatable bonds is 2. The first-order valence-electron chi connectivity index (χ1n) is 4.89. The molecule has 1 aromatic carbocycles. The summed E-state index contributed by atoms with van der Waals surface area (Å²) in [5, 5.41) is 0.939. The van der Waals surface area contributed by atoms with E-state index in [9.17, 15) is 4.79 Å². The minimum Gasteiger partial charge on any atom is -0.423 e. The summed E-state index contributed by atoms with van der Waals surface area (Å²) in [5.74, 6) is 0.0942. The molecule has 0 N–H and O–H groups in total. The summed E-state index contributed by atoms with van der Waals surface area (Å²) in [4.78, 5) is 15.5. The predicted molar refractivity (Wildman–Crippen MR) is 62.2 cm³/mol. The first-order valence-corrected chi connectivity index (χ1v) is 4.89. The quantitative estimate of drug-likeness (QED) is 0.437. The molecule has 0 fully saturated rings. The van der Waals surface area contributed by atoms with Crippen molar-refractivity contribution >= 4 is 16.9 Å². The molecule has 2 aromatic rings. The van der Waals surface area contributed by atoms with E-state index in [1.807, 2.05) is 18.2 Å². The van der Waals surface area contributed by atoms with Gasteiger partial charge in [-0.1, -0.05) is 12.6 Å². The number of hydrogen-bond donors (Lipinski definition) is 0. The maximum Gasteiger partial charge on any atom is 0.338 e. The molecule has 0 saturated carbocycles. The van der Waals surface area contributed by atoms with E-state index in [2.05, 4.69) is 11.6 Å². The molecule has 0 unspecified atom stereocenters. The molecule has 1 aromatic heterocycles. The number of carbonyl (C=O) groups excluding carboxylic acids is 1. The molecule has 3 heteroatoms. The van der Waals surface area contributed by atoms with E-state index in [0.29, 0.717) is 11.3 Å². The highest BCUT2D eigenvalue weighted by Crippen LogP contribution is 2.19. The van der Waals surface area contributed by atoms with Gasteiger partial charge >= 0.3 is 5.97 Å². The molecule has 0 aliphatic carbocycles. The average molecular weight is 213 g/mol. The molecule has 80 valence electrons. The van der Waals surface area contributed by atoms with Crippen LogP contribution in [-0.4, -0.2) is 11.0 Å². The van der Waals surface area contributed by atoms with Crippen LogP contribution in [0.2, 0.25) is 0 Å². The van der Waals surface area contributed by atoms with E-state index in [0.717, 1.165) is 10.9 Å². The van der Waals surface area contributed by atoms with E-state index in [-0.39, 0.29) is 0 Å². The number of hydrogen-bond acceptors (Lipinski definition) is 3. The van der Waals surface area contributed by atoms with Crippen LogP contribution in [0.1, 0.15) is 6.92 Å². The van der Waals surface area contributed by atoms with Crippen molar-refractivity contribution in [3.05, 3.63) is 48.7 Å². The first-order chi connectivity index (χ1) is 7.66. The van der Waals surface area contributed by atoms with Crippen LogP contribution in [0.5, 0.6) is 5.75 Å². The Hall–Kier alpha value is -2.16. The summed E-state index contributed by atoms with van der Waals surface area (Å²) >= 11 is 0. The zero-order valence-electron chi connectivity index (χ0n) is 8.93. The monoisotopic (exact) mass is 213 g/mol. The highest BCUT2D eigenvalue weighted by molar-refractivity contribution is 5.89. The lowest BCUT2D eigenvalue weighted by Gasteiger charge is -2.04. The average Bonchev–Trinajstić information content (AvgIpc) is 2.28. The van der Waals surface area contributed by atoms with Gasteiger partial charge in [0.25, 0.3) is 0 Å². The number of carbonyl (C=O) groups is 1. The van der Waals surface area contributed by atoms with Crippen LogP contribution in [-0.2, 0) is 4.79 Å². The Kier molecular flexibility index (Phi) is 2.68. The standard InChI is InChI=1S/C13H11NO2/c1-9(2)13(15)16-11-5-6-12-10(8-11)4-3-7-14-12/h3-8H,1H2,2H3. The van der Waals surface area contributed by atoms with Crippen molar-refractivity contribution in [3.63, 3.8) is 0 Å². The van der Waals surface area contributed by atoms with Crippen LogP contribution in [0.15, 0.2) is 48.7 Å². The summed E-state index contributed by atoms with van der Waals surface area (Å²) in [6, 6.07) is 9.07. The molecule has 16 heavy (non-hydrogen) atoms. The van der Waals surface area contributed by atoms with Crippen LogP contribution in [0.25, 0.3) is 10.9 Å². The van der Waals surface area contributed by atoms with Gasteiger partial charge in [0.05, 0.1) is 5.52 Å². The molecule has 2 rings (SSSR count). The molecule has 0 radical (unpaired) electrons. The fourth-order valence-electron chi connectivity index (χ4n) is 1.31. The Balaban J connectivity index is 2.33. The number of nitrogens with zero attached hydrogens (tertiary/aromatic N) is 1. The van der Waals surface area contributed by atoms with Crippen molar-refractivity contribution in [1.29, 1.82) is 0 Å². The molecule has 0 amide bonds. The van der Waals surface area contributed by atoms with Crippen molar-refractivity contribution in [3.8, 4) is 5.75 Å². The summed E-state index contributed by atoms with van der Waals surface area (Å²) in [5.41, 5.74) is 1.25. The van der Waals surface area contributed by atoms with Crippen LogP contribution in [0.4, 0.5) is 0 Å². The second kappa shape index (κ2) is 4.14. The lowest BCUT2D eigenvalue weighted by Crippen LogP contribution is -2.07.